The monoisotopic (exact) mass is 1010 g/mol. The Kier molecular flexibility index (Phi) is 11.5. The molecule has 0 atom stereocenters. The third-order valence-corrected chi connectivity index (χ3v) is 17.5. The van der Waals surface area contributed by atoms with E-state index in [1.165, 1.54) is 121 Å². The molecule has 1 saturated carbocycles. The Labute approximate surface area is 464 Å². The van der Waals surface area contributed by atoms with Crippen molar-refractivity contribution in [3.05, 3.63) is 313 Å². The zero-order chi connectivity index (χ0) is 52.3. The molecule has 0 radical (unpaired) electrons. The van der Waals surface area contributed by atoms with E-state index in [0.717, 1.165) is 39.6 Å². The van der Waals surface area contributed by atoms with E-state index < -0.39 is 5.41 Å². The molecule has 15 rings (SSSR count). The second-order valence-corrected chi connectivity index (χ2v) is 21.7. The van der Waals surface area contributed by atoms with E-state index in [1.807, 2.05) is 0 Å². The molecule has 0 unspecified atom stereocenters. The van der Waals surface area contributed by atoms with Crippen LogP contribution in [0.4, 0.5) is 34.1 Å². The van der Waals surface area contributed by atoms with Crippen molar-refractivity contribution in [2.75, 3.05) is 9.80 Å². The summed E-state index contributed by atoms with van der Waals surface area (Å²) in [6.07, 6.45) is 6.51. The summed E-state index contributed by atoms with van der Waals surface area (Å²) < 4.78 is 0. The minimum atomic E-state index is -0.443. The van der Waals surface area contributed by atoms with Gasteiger partial charge in [0.2, 0.25) is 0 Å². The first kappa shape index (κ1) is 46.8. The van der Waals surface area contributed by atoms with Gasteiger partial charge in [-0.25, -0.2) is 0 Å². The number of fused-ring (bicyclic) bond motifs is 11. The van der Waals surface area contributed by atoms with E-state index in [-0.39, 0.29) is 0 Å². The molecular formula is C77H58N2. The first-order chi connectivity index (χ1) is 39.2. The van der Waals surface area contributed by atoms with Crippen LogP contribution in [0.3, 0.4) is 0 Å². The van der Waals surface area contributed by atoms with Gasteiger partial charge in [-0.3, -0.25) is 0 Å². The molecule has 0 saturated heterocycles. The van der Waals surface area contributed by atoms with Crippen molar-refractivity contribution in [2.45, 2.75) is 43.4 Å². The standard InChI is InChI=1S/C77H58N2/c1-4-20-53(21-5-1)55-38-45-61(46-39-55)78(74-51-44-58-24-10-11-29-65(58)75(74)59-25-8-3-9-26-59)62-49-42-57(43-50-62)60-27-18-28-64(52-60)79(63-47-40-56(41-48-63)54-22-6-2-7-23-54)73-37-19-36-72-76(73)68-32-14-17-35-71(68)77(72)69-33-15-12-30-66(69)67-31-13-16-34-70(67)77/h1,3-5,8-21,24-52,54H,2,6-7,22-23H2. The van der Waals surface area contributed by atoms with Crippen LogP contribution in [0.15, 0.2) is 285 Å². The van der Waals surface area contributed by atoms with Crippen LogP contribution in [-0.2, 0) is 5.41 Å². The number of benzene rings is 12. The van der Waals surface area contributed by atoms with Crippen LogP contribution in [0.5, 0.6) is 0 Å². The Morgan fingerprint density at radius 2 is 0.759 bits per heavy atom. The van der Waals surface area contributed by atoms with Gasteiger partial charge in [0.1, 0.15) is 0 Å². The van der Waals surface area contributed by atoms with Gasteiger partial charge < -0.3 is 9.80 Å². The molecule has 0 amide bonds. The fraction of sp³-hybridized carbons (Fsp3) is 0.0909. The van der Waals surface area contributed by atoms with E-state index in [9.17, 15) is 0 Å². The highest BCUT2D eigenvalue weighted by atomic mass is 15.2. The molecule has 0 aliphatic heterocycles. The summed E-state index contributed by atoms with van der Waals surface area (Å²) in [5.74, 6) is 0.619. The minimum Gasteiger partial charge on any atom is -0.310 e. The van der Waals surface area contributed by atoms with E-state index in [0.29, 0.717) is 5.92 Å². The van der Waals surface area contributed by atoms with Crippen LogP contribution in [0.1, 0.15) is 65.8 Å². The largest absolute Gasteiger partial charge is 0.310 e. The fourth-order valence-corrected chi connectivity index (χ4v) is 13.9. The number of hydrogen-bond acceptors (Lipinski definition) is 2. The van der Waals surface area contributed by atoms with Gasteiger partial charge in [-0.15, -0.1) is 0 Å². The predicted octanol–water partition coefficient (Wildman–Crippen LogP) is 21.2. The Balaban J connectivity index is 0.873. The lowest BCUT2D eigenvalue weighted by Gasteiger charge is -2.32. The highest BCUT2D eigenvalue weighted by Crippen LogP contribution is 2.65. The van der Waals surface area contributed by atoms with Gasteiger partial charge in [-0.05, 0) is 163 Å². The maximum atomic E-state index is 2.54. The molecule has 0 N–H and O–H groups in total. The summed E-state index contributed by atoms with van der Waals surface area (Å²) in [6, 6.07) is 106. The van der Waals surface area contributed by atoms with Crippen LogP contribution in [0.2, 0.25) is 0 Å². The van der Waals surface area contributed by atoms with Crippen LogP contribution in [-0.4, -0.2) is 0 Å². The van der Waals surface area contributed by atoms with Gasteiger partial charge in [-0.1, -0.05) is 244 Å². The van der Waals surface area contributed by atoms with Crippen molar-refractivity contribution in [3.8, 4) is 55.6 Å². The summed E-state index contributed by atoms with van der Waals surface area (Å²) in [5, 5.41) is 2.44. The summed E-state index contributed by atoms with van der Waals surface area (Å²) in [4.78, 5) is 4.97. The highest BCUT2D eigenvalue weighted by Gasteiger charge is 2.52. The van der Waals surface area contributed by atoms with Crippen LogP contribution in [0.25, 0.3) is 66.4 Å². The number of anilines is 6. The molecule has 3 aliphatic carbocycles. The molecule has 2 nitrogen and oxygen atoms in total. The van der Waals surface area contributed by atoms with E-state index in [2.05, 4.69) is 295 Å². The van der Waals surface area contributed by atoms with E-state index in [4.69, 9.17) is 0 Å². The highest BCUT2D eigenvalue weighted by molar-refractivity contribution is 6.06. The summed E-state index contributed by atoms with van der Waals surface area (Å²) in [7, 11) is 0. The summed E-state index contributed by atoms with van der Waals surface area (Å²) in [5.41, 5.74) is 25.5. The zero-order valence-electron chi connectivity index (χ0n) is 44.1. The molecule has 79 heavy (non-hydrogen) atoms. The molecule has 12 aromatic carbocycles. The van der Waals surface area contributed by atoms with Gasteiger partial charge in [0.05, 0.1) is 16.8 Å². The van der Waals surface area contributed by atoms with Crippen LogP contribution >= 0.6 is 0 Å². The lowest BCUT2D eigenvalue weighted by Crippen LogP contribution is -2.26. The van der Waals surface area contributed by atoms with Crippen molar-refractivity contribution >= 4 is 44.9 Å². The average Bonchev–Trinajstić information content (AvgIpc) is 3.46. The van der Waals surface area contributed by atoms with Gasteiger partial charge in [0.15, 0.2) is 0 Å². The number of hydrogen-bond donors (Lipinski definition) is 0. The second-order valence-electron chi connectivity index (χ2n) is 21.7. The third-order valence-electron chi connectivity index (χ3n) is 17.5. The molecule has 3 aliphatic rings. The molecule has 376 valence electrons. The number of rotatable bonds is 10. The fourth-order valence-electron chi connectivity index (χ4n) is 13.9. The van der Waals surface area contributed by atoms with E-state index in [1.54, 1.807) is 0 Å². The van der Waals surface area contributed by atoms with Gasteiger partial charge >= 0.3 is 0 Å². The van der Waals surface area contributed by atoms with Crippen molar-refractivity contribution < 1.29 is 0 Å². The predicted molar refractivity (Wildman–Crippen MR) is 332 cm³/mol. The van der Waals surface area contributed by atoms with Gasteiger partial charge in [0.25, 0.3) is 0 Å². The topological polar surface area (TPSA) is 6.48 Å². The Morgan fingerprint density at radius 3 is 1.42 bits per heavy atom. The molecule has 0 aromatic heterocycles. The lowest BCUT2D eigenvalue weighted by atomic mass is 9.70. The molecule has 1 spiro atoms. The maximum absolute atomic E-state index is 2.54. The molecule has 0 bridgehead atoms. The SMILES string of the molecule is c1ccc(-c2ccc(N(c3ccc(-c4cccc(N(c5ccc(C6CCCCC6)cc5)c5cccc6c5-c5ccccc5C65c6ccccc6-c6ccccc65)c4)cc3)c3ccc4ccccc4c3-c3ccccc3)cc2)cc1. The van der Waals surface area contributed by atoms with Crippen LogP contribution in [0, 0.1) is 0 Å². The average molecular weight is 1010 g/mol. The molecule has 2 heteroatoms. The molecule has 1 fully saturated rings. The van der Waals surface area contributed by atoms with Crippen molar-refractivity contribution in [3.63, 3.8) is 0 Å². The van der Waals surface area contributed by atoms with Crippen molar-refractivity contribution in [1.29, 1.82) is 0 Å². The van der Waals surface area contributed by atoms with Crippen molar-refractivity contribution in [2.24, 2.45) is 0 Å². The van der Waals surface area contributed by atoms with E-state index >= 15 is 0 Å². The normalized spacial score (nSPS) is 13.9. The first-order valence-electron chi connectivity index (χ1n) is 28.3. The zero-order valence-corrected chi connectivity index (χ0v) is 44.1. The first-order valence-corrected chi connectivity index (χ1v) is 28.3. The van der Waals surface area contributed by atoms with Crippen LogP contribution < -0.4 is 9.80 Å². The second kappa shape index (κ2) is 19.5. The van der Waals surface area contributed by atoms with Gasteiger partial charge in [0, 0.05) is 33.9 Å². The maximum Gasteiger partial charge on any atom is 0.0726 e. The minimum absolute atomic E-state index is 0.443. The smallest absolute Gasteiger partial charge is 0.0726 e. The lowest BCUT2D eigenvalue weighted by molar-refractivity contribution is 0.443. The summed E-state index contributed by atoms with van der Waals surface area (Å²) >= 11 is 0. The molecule has 12 aromatic rings. The van der Waals surface area contributed by atoms with Gasteiger partial charge in [-0.2, -0.15) is 0 Å². The molecular weight excluding hydrogens is 953 g/mol. The summed E-state index contributed by atoms with van der Waals surface area (Å²) in [6.45, 7) is 0. The molecule has 0 heterocycles. The quantitative estimate of drug-likeness (QED) is 0.135. The van der Waals surface area contributed by atoms with Crippen molar-refractivity contribution in [1.82, 2.24) is 0 Å². The Morgan fingerprint density at radius 1 is 0.291 bits per heavy atom. The third kappa shape index (κ3) is 7.77. The Bertz CT molecular complexity index is 4160. The Hall–Kier alpha value is -9.50. The number of nitrogens with zero attached hydrogens (tertiary/aromatic N) is 2.